The van der Waals surface area contributed by atoms with Crippen molar-refractivity contribution in [2.24, 2.45) is 0 Å². The number of hydrogen-bond donors (Lipinski definition) is 1. The molecule has 0 saturated carbocycles. The van der Waals surface area contributed by atoms with Crippen LogP contribution in [0.2, 0.25) is 0 Å². The van der Waals surface area contributed by atoms with Gasteiger partial charge in [-0.3, -0.25) is 4.90 Å². The summed E-state index contributed by atoms with van der Waals surface area (Å²) in [5, 5.41) is 10.1. The quantitative estimate of drug-likeness (QED) is 0.856. The molecule has 5 nitrogen and oxygen atoms in total. The Balaban J connectivity index is 1.36. The third-order valence-corrected chi connectivity index (χ3v) is 6.07. The Hall–Kier alpha value is -2.11. The molecular weight excluding hydrogens is 330 g/mol. The van der Waals surface area contributed by atoms with Crippen LogP contribution in [-0.4, -0.2) is 34.2 Å². The molecule has 5 heteroatoms. The number of aliphatic hydroxyl groups is 1. The Morgan fingerprint density at radius 1 is 1.12 bits per heavy atom. The summed E-state index contributed by atoms with van der Waals surface area (Å²) in [6.07, 6.45) is 5.17. The van der Waals surface area contributed by atoms with Gasteiger partial charge in [0.15, 0.2) is 0 Å². The van der Waals surface area contributed by atoms with E-state index in [9.17, 15) is 9.90 Å². The summed E-state index contributed by atoms with van der Waals surface area (Å²) in [4.78, 5) is 14.3. The average molecular weight is 353 g/mol. The van der Waals surface area contributed by atoms with Crippen LogP contribution in [0.3, 0.4) is 0 Å². The number of aliphatic hydroxyl groups excluding tert-OH is 1. The van der Waals surface area contributed by atoms with E-state index < -0.39 is 0 Å². The van der Waals surface area contributed by atoms with Crippen LogP contribution in [0.4, 0.5) is 0 Å². The van der Waals surface area contributed by atoms with Crippen molar-refractivity contribution < 1.29 is 19.1 Å². The molecule has 3 aliphatic heterocycles. The molecule has 0 amide bonds. The molecule has 0 spiro atoms. The first-order chi connectivity index (χ1) is 12.7. The minimum atomic E-state index is -0.256. The minimum absolute atomic E-state index is 0.153. The molecule has 5 rings (SSSR count). The van der Waals surface area contributed by atoms with Crippen molar-refractivity contribution in [3.8, 4) is 11.3 Å². The van der Waals surface area contributed by atoms with Gasteiger partial charge in [0, 0.05) is 23.2 Å². The van der Waals surface area contributed by atoms with Crippen molar-refractivity contribution in [1.82, 2.24) is 4.90 Å². The van der Waals surface area contributed by atoms with Crippen molar-refractivity contribution in [2.45, 2.75) is 63.4 Å². The Kier molecular flexibility index (Phi) is 3.87. The summed E-state index contributed by atoms with van der Waals surface area (Å²) in [6, 6.07) is 10.7. The molecule has 2 bridgehead atoms. The van der Waals surface area contributed by atoms with Crippen molar-refractivity contribution in [1.29, 1.82) is 0 Å². The van der Waals surface area contributed by atoms with Crippen molar-refractivity contribution in [3.63, 3.8) is 0 Å². The van der Waals surface area contributed by atoms with E-state index in [1.165, 1.54) is 6.42 Å². The van der Waals surface area contributed by atoms with Crippen LogP contribution in [0.25, 0.3) is 11.3 Å². The number of carbonyl (C=O) groups excluding carboxylic acids is 1. The maximum atomic E-state index is 11.8. The summed E-state index contributed by atoms with van der Waals surface area (Å²) in [6.45, 7) is 1.15. The first-order valence-corrected chi connectivity index (χ1v) is 9.50. The zero-order valence-corrected chi connectivity index (χ0v) is 14.7. The van der Waals surface area contributed by atoms with Gasteiger partial charge in [-0.15, -0.1) is 0 Å². The fraction of sp³-hybridized carbons (Fsp3) is 0.476. The van der Waals surface area contributed by atoms with Crippen molar-refractivity contribution in [3.05, 3.63) is 47.2 Å². The maximum Gasteiger partial charge on any atom is 0.338 e. The van der Waals surface area contributed by atoms with Gasteiger partial charge >= 0.3 is 5.97 Å². The molecule has 1 N–H and O–H groups in total. The Morgan fingerprint density at radius 2 is 1.92 bits per heavy atom. The van der Waals surface area contributed by atoms with Crippen LogP contribution in [0.5, 0.6) is 0 Å². The third kappa shape index (κ3) is 2.75. The number of carbonyl (C=O) groups is 1. The number of fused-ring (bicyclic) bond motifs is 3. The van der Waals surface area contributed by atoms with Gasteiger partial charge in [0.2, 0.25) is 0 Å². The van der Waals surface area contributed by atoms with Crippen LogP contribution in [0.1, 0.15) is 53.8 Å². The molecule has 2 saturated heterocycles. The second-order valence-corrected chi connectivity index (χ2v) is 7.75. The standard InChI is InChI=1S/C21H23NO4/c23-17-9-15-2-1-3-16(10-17)22(15)11-18-6-7-20(26-18)13-4-5-14-12-25-21(24)19(14)8-13/h4-8,15-17,23H,1-3,9-12H2/t15-,16+,17?. The lowest BCUT2D eigenvalue weighted by atomic mass is 9.83. The lowest BCUT2D eigenvalue weighted by Gasteiger charge is -2.47. The number of ether oxygens (including phenoxy) is 1. The lowest BCUT2D eigenvalue weighted by molar-refractivity contribution is -0.0341. The van der Waals surface area contributed by atoms with E-state index in [-0.39, 0.29) is 12.1 Å². The molecule has 2 aromatic rings. The fourth-order valence-corrected chi connectivity index (χ4v) is 4.77. The molecule has 0 aliphatic carbocycles. The van der Waals surface area contributed by atoms with Crippen LogP contribution in [0, 0.1) is 0 Å². The van der Waals surface area contributed by atoms with E-state index in [0.717, 1.165) is 54.9 Å². The number of rotatable bonds is 3. The molecule has 4 heterocycles. The van der Waals surface area contributed by atoms with Crippen molar-refractivity contribution >= 4 is 5.97 Å². The molecule has 3 atom stereocenters. The summed E-state index contributed by atoms with van der Waals surface area (Å²) >= 11 is 0. The lowest BCUT2D eigenvalue weighted by Crippen LogP contribution is -2.52. The Morgan fingerprint density at radius 3 is 2.73 bits per heavy atom. The average Bonchev–Trinajstić information content (AvgIpc) is 3.23. The normalized spacial score (nSPS) is 28.0. The molecular formula is C21H23NO4. The predicted octanol–water partition coefficient (Wildman–Crippen LogP) is 3.49. The van der Waals surface area contributed by atoms with E-state index in [1.807, 2.05) is 30.3 Å². The minimum Gasteiger partial charge on any atom is -0.460 e. The first-order valence-electron chi connectivity index (χ1n) is 9.50. The SMILES string of the molecule is O=C1OCc2ccc(-c3ccc(CN4[C@@H]5CCC[C@H]4CC(O)C5)o3)cc21. The zero-order chi connectivity index (χ0) is 17.7. The second kappa shape index (κ2) is 6.25. The van der Waals surface area contributed by atoms with Crippen LogP contribution >= 0.6 is 0 Å². The zero-order valence-electron chi connectivity index (χ0n) is 14.7. The number of furan rings is 1. The van der Waals surface area contributed by atoms with Gasteiger partial charge in [-0.1, -0.05) is 18.6 Å². The monoisotopic (exact) mass is 353 g/mol. The second-order valence-electron chi connectivity index (χ2n) is 7.75. The Labute approximate surface area is 152 Å². The van der Waals surface area contributed by atoms with E-state index in [1.54, 1.807) is 0 Å². The number of nitrogens with zero attached hydrogens (tertiary/aromatic N) is 1. The Bertz CT molecular complexity index is 828. The van der Waals surface area contributed by atoms with Gasteiger partial charge < -0.3 is 14.3 Å². The predicted molar refractivity (Wildman–Crippen MR) is 95.5 cm³/mol. The maximum absolute atomic E-state index is 11.8. The molecule has 2 fully saturated rings. The highest BCUT2D eigenvalue weighted by atomic mass is 16.5. The van der Waals surface area contributed by atoms with E-state index in [2.05, 4.69) is 4.90 Å². The van der Waals surface area contributed by atoms with Gasteiger partial charge in [-0.2, -0.15) is 0 Å². The van der Waals surface area contributed by atoms with Gasteiger partial charge in [0.25, 0.3) is 0 Å². The summed E-state index contributed by atoms with van der Waals surface area (Å²) in [5.41, 5.74) is 2.48. The van der Waals surface area contributed by atoms with Crippen LogP contribution < -0.4 is 0 Å². The van der Waals surface area contributed by atoms with Crippen LogP contribution in [0.15, 0.2) is 34.7 Å². The van der Waals surface area contributed by atoms with E-state index in [4.69, 9.17) is 9.15 Å². The van der Waals surface area contributed by atoms with Gasteiger partial charge in [-0.25, -0.2) is 4.79 Å². The molecule has 1 aromatic carbocycles. The van der Waals surface area contributed by atoms with Crippen molar-refractivity contribution in [2.75, 3.05) is 0 Å². The molecule has 1 unspecified atom stereocenters. The highest BCUT2D eigenvalue weighted by molar-refractivity contribution is 5.94. The number of hydrogen-bond acceptors (Lipinski definition) is 5. The molecule has 3 aliphatic rings. The topological polar surface area (TPSA) is 62.9 Å². The smallest absolute Gasteiger partial charge is 0.338 e. The number of benzene rings is 1. The molecule has 136 valence electrons. The fourth-order valence-electron chi connectivity index (χ4n) is 4.77. The summed E-state index contributed by atoms with van der Waals surface area (Å²) < 4.78 is 11.2. The molecule has 1 aromatic heterocycles. The van der Waals surface area contributed by atoms with E-state index >= 15 is 0 Å². The summed E-state index contributed by atoms with van der Waals surface area (Å²) in [7, 11) is 0. The van der Waals surface area contributed by atoms with Gasteiger partial charge in [0.1, 0.15) is 18.1 Å². The third-order valence-electron chi connectivity index (χ3n) is 6.07. The number of piperidine rings is 2. The highest BCUT2D eigenvalue weighted by Crippen LogP contribution is 2.36. The highest BCUT2D eigenvalue weighted by Gasteiger charge is 2.37. The number of cyclic esters (lactones) is 1. The van der Waals surface area contributed by atoms with E-state index in [0.29, 0.717) is 24.3 Å². The summed E-state index contributed by atoms with van der Waals surface area (Å²) in [5.74, 6) is 1.47. The first kappa shape index (κ1) is 16.1. The van der Waals surface area contributed by atoms with Gasteiger partial charge in [-0.05, 0) is 43.9 Å². The molecule has 0 radical (unpaired) electrons. The molecule has 26 heavy (non-hydrogen) atoms. The van der Waals surface area contributed by atoms with Crippen LogP contribution in [-0.2, 0) is 17.9 Å². The van der Waals surface area contributed by atoms with Gasteiger partial charge in [0.05, 0.1) is 18.2 Å². The largest absolute Gasteiger partial charge is 0.460 e. The number of esters is 1.